The van der Waals surface area contributed by atoms with Gasteiger partial charge >= 0.3 is 6.18 Å². The Bertz CT molecular complexity index is 439. The fourth-order valence-electron chi connectivity index (χ4n) is 2.42. The van der Waals surface area contributed by atoms with Crippen molar-refractivity contribution in [2.24, 2.45) is 5.92 Å². The van der Waals surface area contributed by atoms with Crippen molar-refractivity contribution < 1.29 is 17.6 Å². The quantitative estimate of drug-likeness (QED) is 0.579. The molecule has 19 heavy (non-hydrogen) atoms. The van der Waals surface area contributed by atoms with Gasteiger partial charge in [-0.2, -0.15) is 13.2 Å². The van der Waals surface area contributed by atoms with E-state index in [1.54, 1.807) is 17.0 Å². The second-order valence-electron chi connectivity index (χ2n) is 4.67. The van der Waals surface area contributed by atoms with Gasteiger partial charge in [0.2, 0.25) is 0 Å². The summed E-state index contributed by atoms with van der Waals surface area (Å²) in [5.74, 6) is -1.65. The maximum atomic E-state index is 13.6. The lowest BCUT2D eigenvalue weighted by molar-refractivity contribution is -0.179. The van der Waals surface area contributed by atoms with Gasteiger partial charge in [-0.1, -0.05) is 6.07 Å². The number of nitrogens with zero attached hydrogens (tertiary/aromatic N) is 1. The van der Waals surface area contributed by atoms with Gasteiger partial charge in [-0.15, -0.1) is 11.6 Å². The third-order valence-electron chi connectivity index (χ3n) is 3.53. The maximum absolute atomic E-state index is 13.6. The molecule has 0 bridgehead atoms. The maximum Gasteiger partial charge on any atom is 0.391 e. The molecule has 1 fully saturated rings. The Hall–Kier alpha value is -0.970. The van der Waals surface area contributed by atoms with E-state index >= 15 is 0 Å². The van der Waals surface area contributed by atoms with Gasteiger partial charge in [-0.3, -0.25) is 0 Å². The minimum atomic E-state index is -4.14. The van der Waals surface area contributed by atoms with Crippen molar-refractivity contribution in [1.29, 1.82) is 0 Å². The molecule has 0 N–H and O–H groups in total. The lowest BCUT2D eigenvalue weighted by Gasteiger charge is -2.35. The van der Waals surface area contributed by atoms with Crippen LogP contribution in [0.15, 0.2) is 18.2 Å². The third kappa shape index (κ3) is 3.14. The van der Waals surface area contributed by atoms with Crippen LogP contribution in [0.3, 0.4) is 0 Å². The molecule has 0 saturated carbocycles. The Kier molecular flexibility index (Phi) is 4.23. The number of anilines is 1. The summed E-state index contributed by atoms with van der Waals surface area (Å²) in [4.78, 5) is 1.78. The first-order valence-corrected chi connectivity index (χ1v) is 6.62. The zero-order chi connectivity index (χ0) is 14.0. The Morgan fingerprint density at radius 2 is 1.84 bits per heavy atom. The molecule has 0 aromatic heterocycles. The minimum absolute atomic E-state index is 0.0151. The molecule has 1 heterocycles. The van der Waals surface area contributed by atoms with Gasteiger partial charge in [0.15, 0.2) is 0 Å². The molecule has 0 spiro atoms. The summed E-state index contributed by atoms with van der Waals surface area (Å²) in [6, 6.07) is 4.56. The highest BCUT2D eigenvalue weighted by atomic mass is 35.5. The molecule has 1 aliphatic rings. The van der Waals surface area contributed by atoms with E-state index in [9.17, 15) is 17.6 Å². The summed E-state index contributed by atoms with van der Waals surface area (Å²) < 4.78 is 51.3. The fraction of sp³-hybridized carbons (Fsp3) is 0.538. The summed E-state index contributed by atoms with van der Waals surface area (Å²) in [7, 11) is 0. The van der Waals surface area contributed by atoms with Crippen LogP contribution in [0.1, 0.15) is 18.4 Å². The minimum Gasteiger partial charge on any atom is -0.371 e. The molecule has 6 heteroatoms. The van der Waals surface area contributed by atoms with Gasteiger partial charge < -0.3 is 4.90 Å². The van der Waals surface area contributed by atoms with Crippen LogP contribution in [-0.4, -0.2) is 19.3 Å². The second-order valence-corrected chi connectivity index (χ2v) is 4.94. The molecule has 1 saturated heterocycles. The van der Waals surface area contributed by atoms with Crippen LogP contribution in [0.5, 0.6) is 0 Å². The van der Waals surface area contributed by atoms with E-state index in [4.69, 9.17) is 11.6 Å². The molecular weight excluding hydrogens is 282 g/mol. The van der Waals surface area contributed by atoms with Crippen LogP contribution in [0.2, 0.25) is 0 Å². The normalized spacial score (nSPS) is 17.8. The first-order chi connectivity index (χ1) is 8.93. The van der Waals surface area contributed by atoms with Crippen molar-refractivity contribution in [3.05, 3.63) is 29.6 Å². The monoisotopic (exact) mass is 295 g/mol. The summed E-state index contributed by atoms with van der Waals surface area (Å²) in [6.07, 6.45) is -4.05. The van der Waals surface area contributed by atoms with Crippen LogP contribution in [0.4, 0.5) is 23.2 Å². The van der Waals surface area contributed by atoms with Gasteiger partial charge in [0.05, 0.1) is 11.8 Å². The highest BCUT2D eigenvalue weighted by molar-refractivity contribution is 6.17. The predicted octanol–water partition coefficient (Wildman–Crippen LogP) is 4.34. The molecule has 0 atom stereocenters. The topological polar surface area (TPSA) is 3.24 Å². The molecule has 1 aromatic rings. The highest BCUT2D eigenvalue weighted by Crippen LogP contribution is 2.36. The molecule has 1 nitrogen and oxygen atoms in total. The lowest BCUT2D eigenvalue weighted by atomic mass is 9.95. The SMILES string of the molecule is Fc1cccc(N2CCC(C(F)(F)F)CC2)c1CCl. The smallest absolute Gasteiger partial charge is 0.371 e. The van der Waals surface area contributed by atoms with Crippen molar-refractivity contribution in [3.8, 4) is 0 Å². The van der Waals surface area contributed by atoms with Crippen molar-refractivity contribution in [2.75, 3.05) is 18.0 Å². The molecule has 1 aliphatic heterocycles. The number of piperidine rings is 1. The van der Waals surface area contributed by atoms with E-state index in [1.807, 2.05) is 0 Å². The summed E-state index contributed by atoms with van der Waals surface area (Å²) in [5, 5.41) is 0. The average Bonchev–Trinajstić information content (AvgIpc) is 2.37. The molecule has 106 valence electrons. The molecule has 2 rings (SSSR count). The van der Waals surface area contributed by atoms with E-state index in [-0.39, 0.29) is 31.8 Å². The van der Waals surface area contributed by atoms with Gasteiger partial charge in [0, 0.05) is 24.3 Å². The van der Waals surface area contributed by atoms with Crippen LogP contribution in [-0.2, 0) is 5.88 Å². The lowest BCUT2D eigenvalue weighted by Crippen LogP contribution is -2.39. The number of rotatable bonds is 2. The highest BCUT2D eigenvalue weighted by Gasteiger charge is 2.41. The molecule has 0 aliphatic carbocycles. The molecule has 0 amide bonds. The molecular formula is C13H14ClF4N. The predicted molar refractivity (Wildman–Crippen MR) is 66.9 cm³/mol. The third-order valence-corrected chi connectivity index (χ3v) is 3.79. The van der Waals surface area contributed by atoms with Gasteiger partial charge in [0.1, 0.15) is 5.82 Å². The van der Waals surface area contributed by atoms with Crippen molar-refractivity contribution >= 4 is 17.3 Å². The Morgan fingerprint density at radius 3 is 2.37 bits per heavy atom. The van der Waals surface area contributed by atoms with Crippen LogP contribution >= 0.6 is 11.6 Å². The van der Waals surface area contributed by atoms with Crippen molar-refractivity contribution in [1.82, 2.24) is 0 Å². The largest absolute Gasteiger partial charge is 0.391 e. The Balaban J connectivity index is 2.12. The number of hydrogen-bond acceptors (Lipinski definition) is 1. The second kappa shape index (κ2) is 5.57. The first-order valence-electron chi connectivity index (χ1n) is 6.08. The van der Waals surface area contributed by atoms with Crippen LogP contribution < -0.4 is 4.90 Å². The summed E-state index contributed by atoms with van der Waals surface area (Å²) in [6.45, 7) is 0.551. The molecule has 1 aromatic carbocycles. The van der Waals surface area contributed by atoms with Gasteiger partial charge in [0.25, 0.3) is 0 Å². The Morgan fingerprint density at radius 1 is 1.21 bits per heavy atom. The van der Waals surface area contributed by atoms with E-state index in [1.165, 1.54) is 6.07 Å². The fourth-order valence-corrected chi connectivity index (χ4v) is 2.69. The van der Waals surface area contributed by atoms with Crippen molar-refractivity contribution in [2.45, 2.75) is 24.9 Å². The van der Waals surface area contributed by atoms with Gasteiger partial charge in [-0.05, 0) is 25.0 Å². The molecule has 0 unspecified atom stereocenters. The number of hydrogen-bond donors (Lipinski definition) is 0. The average molecular weight is 296 g/mol. The number of halogens is 5. The summed E-state index contributed by atoms with van der Waals surface area (Å²) in [5.41, 5.74) is 0.963. The number of alkyl halides is 4. The van der Waals surface area contributed by atoms with Crippen LogP contribution in [0.25, 0.3) is 0 Å². The zero-order valence-electron chi connectivity index (χ0n) is 10.2. The summed E-state index contributed by atoms with van der Waals surface area (Å²) >= 11 is 5.71. The van der Waals surface area contributed by atoms with E-state index in [0.717, 1.165) is 0 Å². The van der Waals surface area contributed by atoms with Gasteiger partial charge in [-0.25, -0.2) is 4.39 Å². The first kappa shape index (κ1) is 14.4. The molecule has 0 radical (unpaired) electrons. The van der Waals surface area contributed by atoms with E-state index in [0.29, 0.717) is 11.3 Å². The Labute approximate surface area is 114 Å². The van der Waals surface area contributed by atoms with Crippen LogP contribution in [0, 0.1) is 11.7 Å². The van der Waals surface area contributed by atoms with Crippen molar-refractivity contribution in [3.63, 3.8) is 0 Å². The number of benzene rings is 1. The van der Waals surface area contributed by atoms with E-state index in [2.05, 4.69) is 0 Å². The standard InChI is InChI=1S/C13H14ClF4N/c14-8-10-11(15)2-1-3-12(10)19-6-4-9(5-7-19)13(16,17)18/h1-3,9H,4-8H2. The van der Waals surface area contributed by atoms with E-state index < -0.39 is 17.9 Å². The zero-order valence-corrected chi connectivity index (χ0v) is 10.9.